The summed E-state index contributed by atoms with van der Waals surface area (Å²) in [5.41, 5.74) is -0.698. The SMILES string of the molecule is O=C(COC(=O)c1ccnc(Cl)c1)Nc1cc([N+](=O)[O-])ccc1F. The summed E-state index contributed by atoms with van der Waals surface area (Å²) in [4.78, 5) is 37.0. The largest absolute Gasteiger partial charge is 0.452 e. The average Bonchev–Trinajstić information content (AvgIpc) is 2.54. The number of nitrogens with zero attached hydrogens (tertiary/aromatic N) is 2. The zero-order valence-corrected chi connectivity index (χ0v) is 12.6. The minimum Gasteiger partial charge on any atom is -0.452 e. The first-order valence-electron chi connectivity index (χ1n) is 6.39. The van der Waals surface area contributed by atoms with E-state index in [0.29, 0.717) is 0 Å². The van der Waals surface area contributed by atoms with Crippen molar-refractivity contribution in [2.75, 3.05) is 11.9 Å². The van der Waals surface area contributed by atoms with Gasteiger partial charge in [0.25, 0.3) is 11.6 Å². The molecule has 0 atom stereocenters. The number of non-ortho nitro benzene ring substituents is 1. The highest BCUT2D eigenvalue weighted by atomic mass is 35.5. The second-order valence-corrected chi connectivity index (χ2v) is 4.80. The van der Waals surface area contributed by atoms with Gasteiger partial charge in [-0.25, -0.2) is 14.2 Å². The number of benzene rings is 1. The fourth-order valence-corrected chi connectivity index (χ4v) is 1.83. The molecule has 10 heteroatoms. The maximum absolute atomic E-state index is 13.5. The Kier molecular flexibility index (Phi) is 5.38. The predicted molar refractivity (Wildman–Crippen MR) is 81.2 cm³/mol. The first kappa shape index (κ1) is 17.3. The van der Waals surface area contributed by atoms with Crippen LogP contribution in [0.3, 0.4) is 0 Å². The predicted octanol–water partition coefficient (Wildman–Crippen LogP) is 2.58. The van der Waals surface area contributed by atoms with Gasteiger partial charge < -0.3 is 10.1 Å². The van der Waals surface area contributed by atoms with Crippen molar-refractivity contribution in [3.05, 3.63) is 63.2 Å². The molecule has 0 fully saturated rings. The third kappa shape index (κ3) is 4.46. The highest BCUT2D eigenvalue weighted by Gasteiger charge is 2.15. The van der Waals surface area contributed by atoms with Gasteiger partial charge in [-0.3, -0.25) is 14.9 Å². The summed E-state index contributed by atoms with van der Waals surface area (Å²) in [5.74, 6) is -2.54. The van der Waals surface area contributed by atoms with Crippen molar-refractivity contribution in [1.82, 2.24) is 4.98 Å². The van der Waals surface area contributed by atoms with Crippen LogP contribution in [-0.2, 0) is 9.53 Å². The van der Waals surface area contributed by atoms with Gasteiger partial charge in [0.1, 0.15) is 11.0 Å². The van der Waals surface area contributed by atoms with Crippen LogP contribution in [-0.4, -0.2) is 28.4 Å². The number of nitrogens with one attached hydrogen (secondary N) is 1. The highest BCUT2D eigenvalue weighted by molar-refractivity contribution is 6.29. The normalized spacial score (nSPS) is 10.1. The van der Waals surface area contributed by atoms with E-state index >= 15 is 0 Å². The van der Waals surface area contributed by atoms with Gasteiger partial charge in [0.2, 0.25) is 0 Å². The Morgan fingerprint density at radius 1 is 1.33 bits per heavy atom. The van der Waals surface area contributed by atoms with Crippen molar-refractivity contribution in [3.8, 4) is 0 Å². The Hall–Kier alpha value is -3.07. The molecule has 2 aromatic rings. The monoisotopic (exact) mass is 353 g/mol. The van der Waals surface area contributed by atoms with E-state index in [4.69, 9.17) is 16.3 Å². The molecule has 0 saturated carbocycles. The fourth-order valence-electron chi connectivity index (χ4n) is 1.65. The summed E-state index contributed by atoms with van der Waals surface area (Å²) in [6.07, 6.45) is 1.29. The van der Waals surface area contributed by atoms with Gasteiger partial charge in [0.15, 0.2) is 6.61 Å². The molecule has 1 aromatic heterocycles. The number of hydrogen-bond acceptors (Lipinski definition) is 6. The van der Waals surface area contributed by atoms with Crippen LogP contribution < -0.4 is 5.32 Å². The number of esters is 1. The van der Waals surface area contributed by atoms with Crippen molar-refractivity contribution in [3.63, 3.8) is 0 Å². The minimum absolute atomic E-state index is 0.0765. The van der Waals surface area contributed by atoms with Crippen LogP contribution in [0.2, 0.25) is 5.15 Å². The average molecular weight is 354 g/mol. The second-order valence-electron chi connectivity index (χ2n) is 4.41. The van der Waals surface area contributed by atoms with Gasteiger partial charge in [0.05, 0.1) is 16.2 Å². The summed E-state index contributed by atoms with van der Waals surface area (Å²) >= 11 is 5.62. The number of amides is 1. The highest BCUT2D eigenvalue weighted by Crippen LogP contribution is 2.21. The lowest BCUT2D eigenvalue weighted by Crippen LogP contribution is -2.21. The van der Waals surface area contributed by atoms with Crippen LogP contribution >= 0.6 is 11.6 Å². The van der Waals surface area contributed by atoms with Gasteiger partial charge in [-0.05, 0) is 18.2 Å². The molecule has 24 heavy (non-hydrogen) atoms. The maximum atomic E-state index is 13.5. The summed E-state index contributed by atoms with van der Waals surface area (Å²) in [7, 11) is 0. The van der Waals surface area contributed by atoms with Crippen LogP contribution in [0.4, 0.5) is 15.8 Å². The Balaban J connectivity index is 1.97. The molecule has 124 valence electrons. The summed E-state index contributed by atoms with van der Waals surface area (Å²) in [6, 6.07) is 5.25. The molecule has 1 amide bonds. The maximum Gasteiger partial charge on any atom is 0.338 e. The van der Waals surface area contributed by atoms with Crippen molar-refractivity contribution < 1.29 is 23.6 Å². The van der Waals surface area contributed by atoms with Crippen LogP contribution in [0.5, 0.6) is 0 Å². The molecule has 1 heterocycles. The Bertz CT molecular complexity index is 815. The quantitative estimate of drug-likeness (QED) is 0.382. The molecule has 0 aliphatic rings. The first-order chi connectivity index (χ1) is 11.4. The van der Waals surface area contributed by atoms with Crippen molar-refractivity contribution in [2.24, 2.45) is 0 Å². The molecule has 0 saturated heterocycles. The smallest absolute Gasteiger partial charge is 0.338 e. The van der Waals surface area contributed by atoms with Gasteiger partial charge >= 0.3 is 5.97 Å². The molecule has 2 rings (SSSR count). The van der Waals surface area contributed by atoms with E-state index in [1.807, 2.05) is 0 Å². The molecule has 1 aromatic carbocycles. The van der Waals surface area contributed by atoms with Crippen LogP contribution in [0.1, 0.15) is 10.4 Å². The number of anilines is 1. The molecule has 0 bridgehead atoms. The van der Waals surface area contributed by atoms with Gasteiger partial charge in [-0.2, -0.15) is 0 Å². The number of nitro groups is 1. The number of carbonyl (C=O) groups excluding carboxylic acids is 2. The number of hydrogen-bond donors (Lipinski definition) is 1. The molecular formula is C14H9ClFN3O5. The standard InChI is InChI=1S/C14H9ClFN3O5/c15-12-5-8(3-4-17-12)14(21)24-7-13(20)18-11-6-9(19(22)23)1-2-10(11)16/h1-6H,7H2,(H,18,20). The topological polar surface area (TPSA) is 111 Å². The van der Waals surface area contributed by atoms with Gasteiger partial charge in [0, 0.05) is 18.3 Å². The lowest BCUT2D eigenvalue weighted by molar-refractivity contribution is -0.384. The Labute approximate surface area is 139 Å². The lowest BCUT2D eigenvalue weighted by Gasteiger charge is -2.07. The molecule has 1 N–H and O–H groups in total. The number of pyridine rings is 1. The number of ether oxygens (including phenoxy) is 1. The van der Waals surface area contributed by atoms with Gasteiger partial charge in [-0.15, -0.1) is 0 Å². The number of rotatable bonds is 5. The Morgan fingerprint density at radius 2 is 2.08 bits per heavy atom. The van der Waals surface area contributed by atoms with E-state index in [1.165, 1.54) is 18.3 Å². The third-order valence-corrected chi connectivity index (χ3v) is 2.94. The number of nitro benzene ring substituents is 1. The van der Waals surface area contributed by atoms with E-state index in [2.05, 4.69) is 10.3 Å². The van der Waals surface area contributed by atoms with Crippen molar-refractivity contribution in [2.45, 2.75) is 0 Å². The van der Waals surface area contributed by atoms with Crippen LogP contribution in [0.15, 0.2) is 36.5 Å². The summed E-state index contributed by atoms with van der Waals surface area (Å²) in [5, 5.41) is 12.8. The lowest BCUT2D eigenvalue weighted by atomic mass is 10.2. The summed E-state index contributed by atoms with van der Waals surface area (Å²) in [6.45, 7) is -0.707. The number of aromatic nitrogens is 1. The number of halogens is 2. The minimum atomic E-state index is -0.860. The molecule has 8 nitrogen and oxygen atoms in total. The third-order valence-electron chi connectivity index (χ3n) is 2.73. The first-order valence-corrected chi connectivity index (χ1v) is 6.77. The van der Waals surface area contributed by atoms with Crippen molar-refractivity contribution >= 4 is 34.9 Å². The van der Waals surface area contributed by atoms with Crippen LogP contribution in [0, 0.1) is 15.9 Å². The zero-order chi connectivity index (χ0) is 17.7. The molecular weight excluding hydrogens is 345 g/mol. The van der Waals surface area contributed by atoms with E-state index in [1.54, 1.807) is 0 Å². The van der Waals surface area contributed by atoms with E-state index in [0.717, 1.165) is 18.2 Å². The van der Waals surface area contributed by atoms with E-state index in [9.17, 15) is 24.1 Å². The number of carbonyl (C=O) groups is 2. The van der Waals surface area contributed by atoms with Gasteiger partial charge in [-0.1, -0.05) is 11.6 Å². The van der Waals surface area contributed by atoms with E-state index < -0.39 is 40.6 Å². The molecule has 0 aliphatic carbocycles. The molecule has 0 radical (unpaired) electrons. The molecule has 0 spiro atoms. The zero-order valence-electron chi connectivity index (χ0n) is 11.9. The Morgan fingerprint density at radius 3 is 2.75 bits per heavy atom. The molecule has 0 aliphatic heterocycles. The van der Waals surface area contributed by atoms with Crippen molar-refractivity contribution in [1.29, 1.82) is 0 Å². The van der Waals surface area contributed by atoms with Crippen LogP contribution in [0.25, 0.3) is 0 Å². The van der Waals surface area contributed by atoms with E-state index in [-0.39, 0.29) is 10.7 Å². The fraction of sp³-hybridized carbons (Fsp3) is 0.0714. The molecule has 0 unspecified atom stereocenters. The summed E-state index contributed by atoms with van der Waals surface area (Å²) < 4.78 is 18.3. The second kappa shape index (κ2) is 7.47.